The molecular weight excluding hydrogens is 308 g/mol. The highest BCUT2D eigenvalue weighted by atomic mass is 35.5. The van der Waals surface area contributed by atoms with E-state index in [4.69, 9.17) is 5.73 Å². The van der Waals surface area contributed by atoms with E-state index in [1.807, 2.05) is 12.1 Å². The van der Waals surface area contributed by atoms with Crippen LogP contribution >= 0.6 is 12.4 Å². The van der Waals surface area contributed by atoms with Crippen molar-refractivity contribution in [3.05, 3.63) is 29.3 Å². The third-order valence-corrected chi connectivity index (χ3v) is 6.47. The van der Waals surface area contributed by atoms with Crippen LogP contribution in [0.4, 0.5) is 0 Å². The lowest BCUT2D eigenvalue weighted by Crippen LogP contribution is -2.47. The lowest BCUT2D eigenvalue weighted by molar-refractivity contribution is 0.257. The van der Waals surface area contributed by atoms with Gasteiger partial charge in [-0.25, -0.2) is 8.42 Å². The quantitative estimate of drug-likeness (QED) is 0.923. The number of sulfonamides is 1. The van der Waals surface area contributed by atoms with Crippen LogP contribution in [0.25, 0.3) is 0 Å². The van der Waals surface area contributed by atoms with Gasteiger partial charge >= 0.3 is 0 Å². The van der Waals surface area contributed by atoms with Crippen molar-refractivity contribution in [3.8, 4) is 0 Å². The molecule has 118 valence electrons. The number of hydrogen-bond acceptors (Lipinski definition) is 3. The number of fused-ring (bicyclic) bond motifs is 1. The van der Waals surface area contributed by atoms with Gasteiger partial charge in [0.2, 0.25) is 10.0 Å². The molecule has 0 amide bonds. The topological polar surface area (TPSA) is 63.4 Å². The van der Waals surface area contributed by atoms with Gasteiger partial charge in [0.1, 0.15) is 0 Å². The summed E-state index contributed by atoms with van der Waals surface area (Å²) in [6.45, 7) is 1.01. The van der Waals surface area contributed by atoms with Gasteiger partial charge in [0, 0.05) is 19.1 Å². The van der Waals surface area contributed by atoms with Crippen molar-refractivity contribution in [3.63, 3.8) is 0 Å². The van der Waals surface area contributed by atoms with Crippen LogP contribution < -0.4 is 5.73 Å². The van der Waals surface area contributed by atoms with Crippen molar-refractivity contribution in [2.24, 2.45) is 5.73 Å². The summed E-state index contributed by atoms with van der Waals surface area (Å²) in [5, 5.41) is 0. The zero-order chi connectivity index (χ0) is 14.2. The summed E-state index contributed by atoms with van der Waals surface area (Å²) in [4.78, 5) is 0.443. The Morgan fingerprint density at radius 2 is 1.90 bits per heavy atom. The predicted octanol–water partition coefficient (Wildman–Crippen LogP) is 2.10. The second kappa shape index (κ2) is 6.65. The molecule has 0 spiro atoms. The number of piperidine rings is 1. The Hall–Kier alpha value is -0.620. The Morgan fingerprint density at radius 1 is 1.14 bits per heavy atom. The highest BCUT2D eigenvalue weighted by Gasteiger charge is 2.33. The molecule has 1 aromatic rings. The van der Waals surface area contributed by atoms with Crippen LogP contribution in [0, 0.1) is 0 Å². The summed E-state index contributed by atoms with van der Waals surface area (Å²) in [7, 11) is -3.39. The minimum atomic E-state index is -3.39. The fourth-order valence-corrected chi connectivity index (χ4v) is 5.13. The SMILES string of the molecule is Cl.NCC1CCCCN1S(=O)(=O)c1ccc2c(c1)CCC2. The first-order valence-electron chi connectivity index (χ1n) is 7.46. The van der Waals surface area contributed by atoms with Crippen LogP contribution in [0.1, 0.15) is 36.8 Å². The number of hydrogen-bond donors (Lipinski definition) is 1. The van der Waals surface area contributed by atoms with Crippen LogP contribution in [0.15, 0.2) is 23.1 Å². The number of aryl methyl sites for hydroxylation is 2. The normalized spacial score (nSPS) is 22.6. The third-order valence-electron chi connectivity index (χ3n) is 4.52. The maximum absolute atomic E-state index is 12.8. The molecule has 4 nitrogen and oxygen atoms in total. The number of nitrogens with two attached hydrogens (primary N) is 1. The molecule has 21 heavy (non-hydrogen) atoms. The Bertz CT molecular complexity index is 604. The minimum absolute atomic E-state index is 0. The maximum atomic E-state index is 12.8. The molecule has 6 heteroatoms. The fourth-order valence-electron chi connectivity index (χ4n) is 3.37. The Morgan fingerprint density at radius 3 is 2.67 bits per heavy atom. The van der Waals surface area contributed by atoms with Gasteiger partial charge in [0.05, 0.1) is 4.90 Å². The summed E-state index contributed by atoms with van der Waals surface area (Å²) in [5.41, 5.74) is 8.26. The molecule has 1 aliphatic carbocycles. The minimum Gasteiger partial charge on any atom is -0.329 e. The van der Waals surface area contributed by atoms with E-state index in [1.54, 1.807) is 10.4 Å². The second-order valence-corrected chi connectivity index (χ2v) is 7.68. The van der Waals surface area contributed by atoms with E-state index in [0.717, 1.165) is 38.5 Å². The molecule has 1 saturated heterocycles. The van der Waals surface area contributed by atoms with Gasteiger partial charge < -0.3 is 5.73 Å². The highest BCUT2D eigenvalue weighted by molar-refractivity contribution is 7.89. The largest absolute Gasteiger partial charge is 0.329 e. The lowest BCUT2D eigenvalue weighted by atomic mass is 10.1. The molecular formula is C15H23ClN2O2S. The first kappa shape index (κ1) is 16.7. The summed E-state index contributed by atoms with van der Waals surface area (Å²) in [6, 6.07) is 5.58. The van der Waals surface area contributed by atoms with Crippen LogP contribution in [-0.2, 0) is 22.9 Å². The highest BCUT2D eigenvalue weighted by Crippen LogP contribution is 2.29. The van der Waals surface area contributed by atoms with E-state index in [2.05, 4.69) is 0 Å². The molecule has 0 saturated carbocycles. The van der Waals surface area contributed by atoms with E-state index in [-0.39, 0.29) is 18.4 Å². The van der Waals surface area contributed by atoms with Crippen molar-refractivity contribution < 1.29 is 8.42 Å². The van der Waals surface area contributed by atoms with E-state index < -0.39 is 10.0 Å². The number of rotatable bonds is 3. The number of halogens is 1. The fraction of sp³-hybridized carbons (Fsp3) is 0.600. The Balaban J connectivity index is 0.00000161. The van der Waals surface area contributed by atoms with E-state index in [9.17, 15) is 8.42 Å². The third kappa shape index (κ3) is 3.11. The van der Waals surface area contributed by atoms with Gasteiger partial charge in [-0.15, -0.1) is 12.4 Å². The average molecular weight is 331 g/mol. The lowest BCUT2D eigenvalue weighted by Gasteiger charge is -2.34. The van der Waals surface area contributed by atoms with Gasteiger partial charge in [0.25, 0.3) is 0 Å². The maximum Gasteiger partial charge on any atom is 0.243 e. The zero-order valence-corrected chi connectivity index (χ0v) is 13.8. The molecule has 3 rings (SSSR count). The summed E-state index contributed by atoms with van der Waals surface area (Å²) in [6.07, 6.45) is 6.08. The molecule has 1 unspecified atom stereocenters. The van der Waals surface area contributed by atoms with Crippen LogP contribution in [0.2, 0.25) is 0 Å². The van der Waals surface area contributed by atoms with Crippen molar-refractivity contribution in [2.45, 2.75) is 49.5 Å². The van der Waals surface area contributed by atoms with E-state index >= 15 is 0 Å². The summed E-state index contributed by atoms with van der Waals surface area (Å²) < 4.78 is 27.3. The Labute approximate surface area is 133 Å². The first-order chi connectivity index (χ1) is 9.63. The molecule has 1 aliphatic heterocycles. The first-order valence-corrected chi connectivity index (χ1v) is 8.90. The molecule has 1 aromatic carbocycles. The van der Waals surface area contributed by atoms with Gasteiger partial charge in [-0.05, 0) is 55.4 Å². The van der Waals surface area contributed by atoms with Crippen molar-refractivity contribution in [2.75, 3.05) is 13.1 Å². The molecule has 0 aromatic heterocycles. The molecule has 1 fully saturated rings. The van der Waals surface area contributed by atoms with E-state index in [1.165, 1.54) is 11.1 Å². The van der Waals surface area contributed by atoms with Crippen LogP contribution in [-0.4, -0.2) is 31.9 Å². The van der Waals surface area contributed by atoms with Gasteiger partial charge in [0.15, 0.2) is 0 Å². The van der Waals surface area contributed by atoms with Gasteiger partial charge in [-0.2, -0.15) is 4.31 Å². The van der Waals surface area contributed by atoms with E-state index in [0.29, 0.717) is 18.0 Å². The van der Waals surface area contributed by atoms with Crippen molar-refractivity contribution in [1.29, 1.82) is 0 Å². The van der Waals surface area contributed by atoms with Gasteiger partial charge in [-0.3, -0.25) is 0 Å². The van der Waals surface area contributed by atoms with Crippen molar-refractivity contribution >= 4 is 22.4 Å². The average Bonchev–Trinajstić information content (AvgIpc) is 2.94. The van der Waals surface area contributed by atoms with Gasteiger partial charge in [-0.1, -0.05) is 12.5 Å². The molecule has 0 bridgehead atoms. The second-order valence-electron chi connectivity index (χ2n) is 5.79. The molecule has 0 radical (unpaired) electrons. The molecule has 1 atom stereocenters. The summed E-state index contributed by atoms with van der Waals surface area (Å²) in [5.74, 6) is 0. The number of benzene rings is 1. The summed E-state index contributed by atoms with van der Waals surface area (Å²) >= 11 is 0. The molecule has 2 N–H and O–H groups in total. The number of nitrogens with zero attached hydrogens (tertiary/aromatic N) is 1. The molecule has 2 aliphatic rings. The predicted molar refractivity (Wildman–Crippen MR) is 86.3 cm³/mol. The van der Waals surface area contributed by atoms with Crippen LogP contribution in [0.3, 0.4) is 0 Å². The van der Waals surface area contributed by atoms with Crippen molar-refractivity contribution in [1.82, 2.24) is 4.31 Å². The smallest absolute Gasteiger partial charge is 0.243 e. The zero-order valence-electron chi connectivity index (χ0n) is 12.1. The molecule has 1 heterocycles. The Kier molecular flexibility index (Phi) is 5.30. The standard InChI is InChI=1S/C15H22N2O2S.ClH/c16-11-14-6-1-2-9-17(14)20(18,19)15-8-7-12-4-3-5-13(12)10-15;/h7-8,10,14H,1-6,9,11,16H2;1H. The van der Waals surface area contributed by atoms with Crippen LogP contribution in [0.5, 0.6) is 0 Å². The monoisotopic (exact) mass is 330 g/mol.